The third-order valence-corrected chi connectivity index (χ3v) is 2.42. The number of hydrogen-bond donors (Lipinski definition) is 1. The number of hydrogen-bond acceptors (Lipinski definition) is 4. The van der Waals surface area contributed by atoms with E-state index in [2.05, 4.69) is 10.2 Å². The Bertz CT molecular complexity index is 575. The minimum absolute atomic E-state index is 0.0764. The number of nitrogens with zero attached hydrogens (tertiary/aromatic N) is 3. The molecule has 1 heterocycles. The lowest BCUT2D eigenvalue weighted by Crippen LogP contribution is -1.99. The van der Waals surface area contributed by atoms with Crippen LogP contribution in [0.3, 0.4) is 0 Å². The number of aromatic amines is 1. The molecular formula is C9H8N4O2S. The van der Waals surface area contributed by atoms with E-state index in [4.69, 9.17) is 12.2 Å². The standard InChI is InChI=1S/C9H8N4O2S/c14-13(15)8-3-1-2-7(4-8)5-12-6-10-11-9(12)16/h1-4,6H,5H2,(H,11,16). The van der Waals surface area contributed by atoms with Gasteiger partial charge in [-0.05, 0) is 17.8 Å². The van der Waals surface area contributed by atoms with Crippen molar-refractivity contribution in [3.8, 4) is 0 Å². The Hall–Kier alpha value is -2.02. The molecule has 1 N–H and O–H groups in total. The summed E-state index contributed by atoms with van der Waals surface area (Å²) in [5.41, 5.74) is 0.888. The van der Waals surface area contributed by atoms with E-state index >= 15 is 0 Å². The van der Waals surface area contributed by atoms with Gasteiger partial charge in [0.1, 0.15) is 6.33 Å². The van der Waals surface area contributed by atoms with E-state index in [0.29, 0.717) is 11.3 Å². The number of nitro benzene ring substituents is 1. The van der Waals surface area contributed by atoms with Crippen LogP contribution in [0.25, 0.3) is 0 Å². The van der Waals surface area contributed by atoms with Gasteiger partial charge in [-0.25, -0.2) is 0 Å². The van der Waals surface area contributed by atoms with Gasteiger partial charge in [0, 0.05) is 12.1 Å². The number of rotatable bonds is 3. The summed E-state index contributed by atoms with van der Waals surface area (Å²) in [6.07, 6.45) is 1.56. The molecule has 1 aromatic heterocycles. The van der Waals surface area contributed by atoms with E-state index in [-0.39, 0.29) is 5.69 Å². The fourth-order valence-electron chi connectivity index (χ4n) is 1.35. The molecule has 0 bridgehead atoms. The van der Waals surface area contributed by atoms with Crippen molar-refractivity contribution in [1.29, 1.82) is 0 Å². The van der Waals surface area contributed by atoms with Crippen LogP contribution in [-0.2, 0) is 6.54 Å². The number of aromatic nitrogens is 3. The second kappa shape index (κ2) is 4.23. The van der Waals surface area contributed by atoms with Gasteiger partial charge in [-0.2, -0.15) is 5.10 Å². The van der Waals surface area contributed by atoms with Crippen molar-refractivity contribution in [1.82, 2.24) is 14.8 Å². The number of H-pyrrole nitrogens is 1. The van der Waals surface area contributed by atoms with Crippen molar-refractivity contribution in [2.24, 2.45) is 0 Å². The Morgan fingerprint density at radius 3 is 3.00 bits per heavy atom. The molecule has 7 heteroatoms. The van der Waals surface area contributed by atoms with Crippen LogP contribution < -0.4 is 0 Å². The predicted molar refractivity (Wildman–Crippen MR) is 59.6 cm³/mol. The van der Waals surface area contributed by atoms with Crippen LogP contribution in [0.5, 0.6) is 0 Å². The Labute approximate surface area is 95.7 Å². The highest BCUT2D eigenvalue weighted by molar-refractivity contribution is 7.71. The summed E-state index contributed by atoms with van der Waals surface area (Å²) in [6.45, 7) is 0.469. The molecule has 6 nitrogen and oxygen atoms in total. The lowest BCUT2D eigenvalue weighted by atomic mass is 10.2. The molecule has 0 radical (unpaired) electrons. The largest absolute Gasteiger partial charge is 0.302 e. The Morgan fingerprint density at radius 2 is 2.38 bits per heavy atom. The second-order valence-electron chi connectivity index (χ2n) is 3.22. The second-order valence-corrected chi connectivity index (χ2v) is 3.60. The highest BCUT2D eigenvalue weighted by Crippen LogP contribution is 2.13. The predicted octanol–water partition coefficient (Wildman–Crippen LogP) is 1.90. The van der Waals surface area contributed by atoms with Gasteiger partial charge in [0.25, 0.3) is 5.69 Å². The maximum Gasteiger partial charge on any atom is 0.269 e. The molecule has 0 saturated heterocycles. The minimum atomic E-state index is -0.419. The zero-order valence-electron chi connectivity index (χ0n) is 8.16. The minimum Gasteiger partial charge on any atom is -0.302 e. The lowest BCUT2D eigenvalue weighted by molar-refractivity contribution is -0.384. The molecule has 0 aliphatic heterocycles. The fraction of sp³-hybridized carbons (Fsp3) is 0.111. The van der Waals surface area contributed by atoms with Gasteiger partial charge in [-0.1, -0.05) is 12.1 Å². The van der Waals surface area contributed by atoms with Gasteiger partial charge >= 0.3 is 0 Å². The van der Waals surface area contributed by atoms with Crippen LogP contribution in [-0.4, -0.2) is 19.7 Å². The van der Waals surface area contributed by atoms with Crippen molar-refractivity contribution in [3.05, 3.63) is 51.0 Å². The zero-order valence-corrected chi connectivity index (χ0v) is 8.98. The molecule has 82 valence electrons. The molecule has 0 amide bonds. The highest BCUT2D eigenvalue weighted by atomic mass is 32.1. The first-order valence-electron chi connectivity index (χ1n) is 4.50. The molecule has 2 rings (SSSR count). The van der Waals surface area contributed by atoms with Crippen molar-refractivity contribution >= 4 is 17.9 Å². The molecule has 0 saturated carbocycles. The number of non-ortho nitro benzene ring substituents is 1. The summed E-state index contributed by atoms with van der Waals surface area (Å²) in [5.74, 6) is 0. The molecule has 16 heavy (non-hydrogen) atoms. The van der Waals surface area contributed by atoms with E-state index < -0.39 is 4.92 Å². The summed E-state index contributed by atoms with van der Waals surface area (Å²) >= 11 is 4.98. The lowest BCUT2D eigenvalue weighted by Gasteiger charge is -2.01. The van der Waals surface area contributed by atoms with E-state index in [9.17, 15) is 10.1 Å². The third kappa shape index (κ3) is 2.14. The fourth-order valence-corrected chi connectivity index (χ4v) is 1.51. The van der Waals surface area contributed by atoms with Gasteiger partial charge in [0.2, 0.25) is 0 Å². The topological polar surface area (TPSA) is 76.8 Å². The zero-order chi connectivity index (χ0) is 11.5. The molecule has 0 aliphatic carbocycles. The summed E-state index contributed by atoms with van der Waals surface area (Å²) in [6, 6.07) is 6.44. The first-order chi connectivity index (χ1) is 7.66. The van der Waals surface area contributed by atoms with E-state index in [1.54, 1.807) is 17.0 Å². The molecule has 0 atom stereocenters. The van der Waals surface area contributed by atoms with Crippen molar-refractivity contribution in [2.75, 3.05) is 0 Å². The van der Waals surface area contributed by atoms with Crippen LogP contribution in [0, 0.1) is 14.9 Å². The van der Waals surface area contributed by atoms with Crippen LogP contribution in [0.1, 0.15) is 5.56 Å². The molecule has 2 aromatic rings. The van der Waals surface area contributed by atoms with Gasteiger partial charge < -0.3 is 4.57 Å². The van der Waals surface area contributed by atoms with Gasteiger partial charge in [0.05, 0.1) is 11.5 Å². The van der Waals surface area contributed by atoms with Crippen LogP contribution in [0.15, 0.2) is 30.6 Å². The van der Waals surface area contributed by atoms with E-state index in [0.717, 1.165) is 5.56 Å². The molecule has 0 fully saturated rings. The summed E-state index contributed by atoms with van der Waals surface area (Å²) in [5, 5.41) is 17.0. The Kier molecular flexibility index (Phi) is 2.78. The molecular weight excluding hydrogens is 228 g/mol. The first-order valence-corrected chi connectivity index (χ1v) is 4.91. The average molecular weight is 236 g/mol. The summed E-state index contributed by atoms with van der Waals surface area (Å²) < 4.78 is 2.19. The molecule has 0 aliphatic rings. The summed E-state index contributed by atoms with van der Waals surface area (Å²) in [7, 11) is 0. The molecule has 1 aromatic carbocycles. The van der Waals surface area contributed by atoms with Crippen molar-refractivity contribution in [2.45, 2.75) is 6.54 Å². The van der Waals surface area contributed by atoms with E-state index in [1.807, 2.05) is 6.07 Å². The smallest absolute Gasteiger partial charge is 0.269 e. The monoisotopic (exact) mass is 236 g/mol. The Morgan fingerprint density at radius 1 is 1.56 bits per heavy atom. The third-order valence-electron chi connectivity index (χ3n) is 2.09. The van der Waals surface area contributed by atoms with Crippen LogP contribution in [0.2, 0.25) is 0 Å². The highest BCUT2D eigenvalue weighted by Gasteiger charge is 2.06. The van der Waals surface area contributed by atoms with Gasteiger partial charge in [0.15, 0.2) is 4.77 Å². The normalized spacial score (nSPS) is 10.2. The number of nitrogens with one attached hydrogen (secondary N) is 1. The number of benzene rings is 1. The van der Waals surface area contributed by atoms with Crippen LogP contribution >= 0.6 is 12.2 Å². The first kappa shape index (κ1) is 10.5. The van der Waals surface area contributed by atoms with Crippen molar-refractivity contribution in [3.63, 3.8) is 0 Å². The van der Waals surface area contributed by atoms with Crippen molar-refractivity contribution < 1.29 is 4.92 Å². The number of nitro groups is 1. The quantitative estimate of drug-likeness (QED) is 0.501. The maximum atomic E-state index is 10.6. The maximum absolute atomic E-state index is 10.6. The van der Waals surface area contributed by atoms with E-state index in [1.165, 1.54) is 12.1 Å². The molecule has 0 spiro atoms. The van der Waals surface area contributed by atoms with Gasteiger partial charge in [-0.3, -0.25) is 15.2 Å². The van der Waals surface area contributed by atoms with Crippen LogP contribution in [0.4, 0.5) is 5.69 Å². The Balaban J connectivity index is 2.29. The SMILES string of the molecule is O=[N+]([O-])c1cccc(Cn2cn[nH]c2=S)c1. The molecule has 0 unspecified atom stereocenters. The summed E-state index contributed by atoms with van der Waals surface area (Å²) in [4.78, 5) is 10.2. The van der Waals surface area contributed by atoms with Gasteiger partial charge in [-0.15, -0.1) is 0 Å². The average Bonchev–Trinajstić information content (AvgIpc) is 2.65.